The maximum atomic E-state index is 10.3. The smallest absolute Gasteiger partial charge is 0.303 e. The monoisotopic (exact) mass is 205 g/mol. The molecule has 2 aromatic rings. The van der Waals surface area contributed by atoms with E-state index in [0.29, 0.717) is 12.8 Å². The van der Waals surface area contributed by atoms with Gasteiger partial charge in [-0.2, -0.15) is 5.10 Å². The summed E-state index contributed by atoms with van der Waals surface area (Å²) < 4.78 is 1.69. The van der Waals surface area contributed by atoms with Gasteiger partial charge >= 0.3 is 5.97 Å². The maximum absolute atomic E-state index is 10.3. The molecule has 0 bridgehead atoms. The van der Waals surface area contributed by atoms with Gasteiger partial charge in [-0.15, -0.1) is 0 Å². The second-order valence-electron chi connectivity index (χ2n) is 3.31. The second-order valence-corrected chi connectivity index (χ2v) is 3.31. The number of carboxylic acids is 1. The average molecular weight is 205 g/mol. The highest BCUT2D eigenvalue weighted by Crippen LogP contribution is 2.06. The van der Waals surface area contributed by atoms with Crippen LogP contribution in [0.2, 0.25) is 0 Å². The van der Waals surface area contributed by atoms with E-state index in [0.717, 1.165) is 11.3 Å². The third kappa shape index (κ3) is 2.31. The van der Waals surface area contributed by atoms with E-state index in [1.165, 1.54) is 0 Å². The van der Waals surface area contributed by atoms with Crippen LogP contribution in [0.5, 0.6) is 0 Å². The Bertz CT molecular complexity index is 445. The minimum atomic E-state index is -0.767. The van der Waals surface area contributed by atoms with Crippen molar-refractivity contribution in [3.63, 3.8) is 0 Å². The molecule has 0 unspecified atom stereocenters. The van der Waals surface area contributed by atoms with Gasteiger partial charge in [0, 0.05) is 24.9 Å². The highest BCUT2D eigenvalue weighted by Gasteiger charge is 2.03. The van der Waals surface area contributed by atoms with Gasteiger partial charge in [0.15, 0.2) is 5.65 Å². The molecule has 2 heterocycles. The highest BCUT2D eigenvalue weighted by atomic mass is 16.4. The quantitative estimate of drug-likeness (QED) is 0.812. The molecule has 0 fully saturated rings. The first-order valence-corrected chi connectivity index (χ1v) is 4.77. The molecule has 78 valence electrons. The zero-order valence-corrected chi connectivity index (χ0v) is 8.13. The fourth-order valence-corrected chi connectivity index (χ4v) is 1.42. The Morgan fingerprint density at radius 2 is 2.40 bits per heavy atom. The molecule has 0 radical (unpaired) electrons. The van der Waals surface area contributed by atoms with Gasteiger partial charge in [0.05, 0.1) is 5.69 Å². The van der Waals surface area contributed by atoms with Crippen molar-refractivity contribution in [1.29, 1.82) is 0 Å². The number of nitrogens with zero attached hydrogens (tertiary/aromatic N) is 3. The normalized spacial score (nSPS) is 10.7. The number of rotatable bonds is 4. The van der Waals surface area contributed by atoms with Crippen LogP contribution in [0.15, 0.2) is 24.5 Å². The number of hydrogen-bond donors (Lipinski definition) is 1. The van der Waals surface area contributed by atoms with Gasteiger partial charge < -0.3 is 5.11 Å². The van der Waals surface area contributed by atoms with Crippen LogP contribution in [0.25, 0.3) is 5.65 Å². The molecule has 1 N–H and O–H groups in total. The Morgan fingerprint density at radius 1 is 1.53 bits per heavy atom. The largest absolute Gasteiger partial charge is 0.481 e. The number of carboxylic acid groups (broad SMARTS) is 1. The van der Waals surface area contributed by atoms with Crippen LogP contribution in [-0.2, 0) is 11.2 Å². The standard InChI is InChI=1S/C10H11N3O2/c14-10(15)4-1-3-8-7-9-11-5-2-6-13(9)12-8/h2,5-7H,1,3-4H2,(H,14,15). The molecule has 5 heteroatoms. The average Bonchev–Trinajstić information content (AvgIpc) is 2.59. The minimum absolute atomic E-state index is 0.182. The van der Waals surface area contributed by atoms with Gasteiger partial charge in [-0.3, -0.25) is 4.79 Å². The van der Waals surface area contributed by atoms with Crippen LogP contribution in [0.3, 0.4) is 0 Å². The Kier molecular flexibility index (Phi) is 2.62. The Labute approximate surface area is 86.4 Å². The lowest BCUT2D eigenvalue weighted by molar-refractivity contribution is -0.137. The third-order valence-electron chi connectivity index (χ3n) is 2.11. The van der Waals surface area contributed by atoms with E-state index in [1.807, 2.05) is 12.3 Å². The van der Waals surface area contributed by atoms with Crippen molar-refractivity contribution in [2.75, 3.05) is 0 Å². The number of carbonyl (C=O) groups is 1. The van der Waals surface area contributed by atoms with Crippen LogP contribution in [0, 0.1) is 0 Å². The highest BCUT2D eigenvalue weighted by molar-refractivity contribution is 5.66. The van der Waals surface area contributed by atoms with E-state index >= 15 is 0 Å². The third-order valence-corrected chi connectivity index (χ3v) is 2.11. The molecule has 0 aliphatic rings. The zero-order chi connectivity index (χ0) is 10.7. The number of aliphatic carboxylic acids is 1. The van der Waals surface area contributed by atoms with E-state index in [1.54, 1.807) is 16.8 Å². The van der Waals surface area contributed by atoms with Crippen molar-refractivity contribution in [3.8, 4) is 0 Å². The molecule has 2 rings (SSSR count). The maximum Gasteiger partial charge on any atom is 0.303 e. The first-order valence-electron chi connectivity index (χ1n) is 4.77. The van der Waals surface area contributed by atoms with Crippen LogP contribution < -0.4 is 0 Å². The van der Waals surface area contributed by atoms with Gasteiger partial charge in [0.2, 0.25) is 0 Å². The Morgan fingerprint density at radius 3 is 3.13 bits per heavy atom. The van der Waals surface area contributed by atoms with Crippen LogP contribution >= 0.6 is 0 Å². The summed E-state index contributed by atoms with van der Waals surface area (Å²) in [5, 5.41) is 12.8. The van der Waals surface area contributed by atoms with Gasteiger partial charge in [-0.05, 0) is 18.9 Å². The Hall–Kier alpha value is -1.91. The van der Waals surface area contributed by atoms with Crippen LogP contribution in [0.4, 0.5) is 0 Å². The van der Waals surface area contributed by atoms with E-state index < -0.39 is 5.97 Å². The first kappa shape index (κ1) is 9.64. The first-order chi connectivity index (χ1) is 7.25. The van der Waals surface area contributed by atoms with Crippen molar-refractivity contribution in [2.45, 2.75) is 19.3 Å². The molecule has 0 saturated carbocycles. The molecule has 2 aromatic heterocycles. The fourth-order valence-electron chi connectivity index (χ4n) is 1.42. The molecule has 0 amide bonds. The second kappa shape index (κ2) is 4.08. The van der Waals surface area contributed by atoms with Gasteiger partial charge in [0.25, 0.3) is 0 Å². The summed E-state index contributed by atoms with van der Waals surface area (Å²) in [6.45, 7) is 0. The number of hydrogen-bond acceptors (Lipinski definition) is 3. The molecule has 0 aliphatic carbocycles. The number of aryl methyl sites for hydroxylation is 1. The van der Waals surface area contributed by atoms with Gasteiger partial charge in [-0.25, -0.2) is 9.50 Å². The Balaban J connectivity index is 2.05. The molecule has 0 aromatic carbocycles. The van der Waals surface area contributed by atoms with E-state index in [4.69, 9.17) is 5.11 Å². The van der Waals surface area contributed by atoms with Crippen molar-refractivity contribution in [2.24, 2.45) is 0 Å². The molecule has 0 aliphatic heterocycles. The van der Waals surface area contributed by atoms with E-state index in [2.05, 4.69) is 10.1 Å². The van der Waals surface area contributed by atoms with Crippen molar-refractivity contribution >= 4 is 11.6 Å². The molecule has 0 atom stereocenters. The summed E-state index contributed by atoms with van der Waals surface area (Å²) in [5.74, 6) is -0.767. The van der Waals surface area contributed by atoms with Crippen LogP contribution in [0.1, 0.15) is 18.5 Å². The minimum Gasteiger partial charge on any atom is -0.481 e. The lowest BCUT2D eigenvalue weighted by atomic mass is 10.2. The molecule has 5 nitrogen and oxygen atoms in total. The lowest BCUT2D eigenvalue weighted by Gasteiger charge is -1.92. The van der Waals surface area contributed by atoms with Crippen molar-refractivity contribution < 1.29 is 9.90 Å². The fraction of sp³-hybridized carbons (Fsp3) is 0.300. The summed E-state index contributed by atoms with van der Waals surface area (Å²) in [6.07, 6.45) is 5.00. The zero-order valence-electron chi connectivity index (χ0n) is 8.13. The van der Waals surface area contributed by atoms with Crippen molar-refractivity contribution in [1.82, 2.24) is 14.6 Å². The molecule has 0 saturated heterocycles. The lowest BCUT2D eigenvalue weighted by Crippen LogP contribution is -1.96. The van der Waals surface area contributed by atoms with Crippen molar-refractivity contribution in [3.05, 3.63) is 30.2 Å². The molecule has 15 heavy (non-hydrogen) atoms. The predicted octanol–water partition coefficient (Wildman–Crippen LogP) is 1.14. The van der Waals surface area contributed by atoms with Gasteiger partial charge in [0.1, 0.15) is 0 Å². The van der Waals surface area contributed by atoms with Gasteiger partial charge in [-0.1, -0.05) is 0 Å². The van der Waals surface area contributed by atoms with Crippen LogP contribution in [-0.4, -0.2) is 25.7 Å². The SMILES string of the molecule is O=C(O)CCCc1cc2ncccn2n1. The summed E-state index contributed by atoms with van der Waals surface area (Å²) in [6, 6.07) is 3.68. The predicted molar refractivity (Wildman–Crippen MR) is 53.6 cm³/mol. The number of fused-ring (bicyclic) bond motifs is 1. The summed E-state index contributed by atoms with van der Waals surface area (Å²) in [4.78, 5) is 14.5. The number of aromatic nitrogens is 3. The molecule has 0 spiro atoms. The molecular weight excluding hydrogens is 194 g/mol. The summed E-state index contributed by atoms with van der Waals surface area (Å²) in [5.41, 5.74) is 1.68. The van der Waals surface area contributed by atoms with E-state index in [-0.39, 0.29) is 6.42 Å². The topological polar surface area (TPSA) is 67.5 Å². The summed E-state index contributed by atoms with van der Waals surface area (Å²) >= 11 is 0. The summed E-state index contributed by atoms with van der Waals surface area (Å²) in [7, 11) is 0. The molecular formula is C10H11N3O2. The van der Waals surface area contributed by atoms with E-state index in [9.17, 15) is 4.79 Å².